The van der Waals surface area contributed by atoms with Gasteiger partial charge < -0.3 is 14.8 Å². The lowest BCUT2D eigenvalue weighted by Gasteiger charge is -2.32. The molecule has 1 heterocycles. The maximum absolute atomic E-state index is 12.3. The Bertz CT molecular complexity index is 756. The van der Waals surface area contributed by atoms with E-state index in [1.807, 2.05) is 30.3 Å². The molecule has 7 heteroatoms. The van der Waals surface area contributed by atoms with E-state index in [-0.39, 0.29) is 11.7 Å². The Morgan fingerprint density at radius 1 is 1.10 bits per heavy atom. The van der Waals surface area contributed by atoms with E-state index in [2.05, 4.69) is 15.0 Å². The van der Waals surface area contributed by atoms with E-state index in [9.17, 15) is 13.6 Å². The number of rotatable bonds is 9. The summed E-state index contributed by atoms with van der Waals surface area (Å²) in [5, 5.41) is 2.88. The molecule has 0 aliphatic carbocycles. The highest BCUT2D eigenvalue weighted by atomic mass is 19.3. The van der Waals surface area contributed by atoms with Crippen LogP contribution in [0.2, 0.25) is 0 Å². The Morgan fingerprint density at radius 2 is 1.86 bits per heavy atom. The predicted molar refractivity (Wildman–Crippen MR) is 106 cm³/mol. The smallest absolute Gasteiger partial charge is 0.387 e. The first-order valence-corrected chi connectivity index (χ1v) is 9.79. The van der Waals surface area contributed by atoms with Crippen LogP contribution in [0.4, 0.5) is 8.78 Å². The number of nitrogens with zero attached hydrogens (tertiary/aromatic N) is 1. The molecule has 29 heavy (non-hydrogen) atoms. The molecule has 0 bridgehead atoms. The maximum Gasteiger partial charge on any atom is 0.387 e. The van der Waals surface area contributed by atoms with Crippen molar-refractivity contribution < 1.29 is 23.0 Å². The van der Waals surface area contributed by atoms with Crippen molar-refractivity contribution in [2.45, 2.75) is 26.0 Å². The fraction of sp³-hybridized carbons (Fsp3) is 0.409. The number of piperidine rings is 1. The van der Waals surface area contributed by atoms with Gasteiger partial charge in [-0.25, -0.2) is 0 Å². The molecule has 1 unspecified atom stereocenters. The molecule has 1 aliphatic rings. The molecular weight excluding hydrogens is 378 g/mol. The average molecular weight is 404 g/mol. The van der Waals surface area contributed by atoms with Crippen molar-refractivity contribution in [3.8, 4) is 11.5 Å². The number of nitrogens with one attached hydrogen (secondary N) is 1. The van der Waals surface area contributed by atoms with Gasteiger partial charge in [0, 0.05) is 19.0 Å². The summed E-state index contributed by atoms with van der Waals surface area (Å²) in [5.41, 5.74) is 0.827. The quantitative estimate of drug-likeness (QED) is 0.693. The third-order valence-electron chi connectivity index (χ3n) is 4.84. The molecule has 0 saturated carbocycles. The number of amides is 1. The predicted octanol–water partition coefficient (Wildman–Crippen LogP) is 3.70. The molecule has 1 N–H and O–H groups in total. The number of para-hydroxylation sites is 1. The summed E-state index contributed by atoms with van der Waals surface area (Å²) in [4.78, 5) is 14.4. The lowest BCUT2D eigenvalue weighted by atomic mass is 9.99. The number of likely N-dealkylation sites (tertiary alicyclic amines) is 1. The minimum atomic E-state index is -2.84. The van der Waals surface area contributed by atoms with Crippen molar-refractivity contribution >= 4 is 5.91 Å². The lowest BCUT2D eigenvalue weighted by Crippen LogP contribution is -2.43. The number of ether oxygens (including phenoxy) is 2. The van der Waals surface area contributed by atoms with Crippen molar-refractivity contribution in [1.29, 1.82) is 0 Å². The molecule has 0 radical (unpaired) electrons. The largest absolute Gasteiger partial charge is 0.493 e. The van der Waals surface area contributed by atoms with Crippen molar-refractivity contribution in [3.63, 3.8) is 0 Å². The van der Waals surface area contributed by atoms with Crippen LogP contribution in [0.15, 0.2) is 54.6 Å². The summed E-state index contributed by atoms with van der Waals surface area (Å²) in [5.74, 6) is 1.32. The van der Waals surface area contributed by atoms with Gasteiger partial charge in [0.15, 0.2) is 0 Å². The van der Waals surface area contributed by atoms with Gasteiger partial charge in [-0.1, -0.05) is 30.3 Å². The highest BCUT2D eigenvalue weighted by Crippen LogP contribution is 2.19. The Morgan fingerprint density at radius 3 is 2.59 bits per heavy atom. The monoisotopic (exact) mass is 404 g/mol. The summed E-state index contributed by atoms with van der Waals surface area (Å²) in [6.07, 6.45) is 2.14. The van der Waals surface area contributed by atoms with Crippen LogP contribution in [0.3, 0.4) is 0 Å². The summed E-state index contributed by atoms with van der Waals surface area (Å²) in [6.45, 7) is 0.229. The van der Waals surface area contributed by atoms with Crippen molar-refractivity contribution in [1.82, 2.24) is 10.2 Å². The van der Waals surface area contributed by atoms with Crippen LogP contribution in [-0.4, -0.2) is 43.7 Å². The number of halogens is 2. The molecule has 5 nitrogen and oxygen atoms in total. The van der Waals surface area contributed by atoms with Gasteiger partial charge in [-0.2, -0.15) is 8.78 Å². The molecule has 1 saturated heterocycles. The van der Waals surface area contributed by atoms with Gasteiger partial charge in [-0.3, -0.25) is 9.69 Å². The van der Waals surface area contributed by atoms with E-state index < -0.39 is 6.61 Å². The molecule has 0 aromatic heterocycles. The first kappa shape index (κ1) is 21.0. The Labute approximate surface area is 169 Å². The lowest BCUT2D eigenvalue weighted by molar-refractivity contribution is -0.122. The van der Waals surface area contributed by atoms with Gasteiger partial charge in [0.2, 0.25) is 5.91 Å². The van der Waals surface area contributed by atoms with Crippen molar-refractivity contribution in [3.05, 3.63) is 60.2 Å². The topological polar surface area (TPSA) is 50.8 Å². The van der Waals surface area contributed by atoms with Gasteiger partial charge in [0.1, 0.15) is 11.5 Å². The van der Waals surface area contributed by atoms with E-state index in [1.54, 1.807) is 12.1 Å². The number of carbonyl (C=O) groups excluding carboxylic acids is 1. The number of carbonyl (C=O) groups is 1. The number of hydrogen-bond acceptors (Lipinski definition) is 4. The summed E-state index contributed by atoms with van der Waals surface area (Å²) >= 11 is 0. The first-order valence-electron chi connectivity index (χ1n) is 9.79. The second-order valence-corrected chi connectivity index (χ2v) is 7.17. The van der Waals surface area contributed by atoms with Gasteiger partial charge >= 0.3 is 6.61 Å². The van der Waals surface area contributed by atoms with E-state index in [4.69, 9.17) is 4.74 Å². The van der Waals surface area contributed by atoms with Crippen LogP contribution in [0.5, 0.6) is 11.5 Å². The molecular formula is C22H26F2N2O3. The molecule has 1 aliphatic heterocycles. The second kappa shape index (κ2) is 10.8. The van der Waals surface area contributed by atoms with E-state index in [0.29, 0.717) is 25.6 Å². The van der Waals surface area contributed by atoms with Gasteiger partial charge in [0.25, 0.3) is 0 Å². The molecule has 3 rings (SSSR count). The van der Waals surface area contributed by atoms with Gasteiger partial charge in [-0.15, -0.1) is 0 Å². The third kappa shape index (κ3) is 7.34. The standard InChI is InChI=1S/C22H26F2N2O3/c23-22(24)29-20-10-8-17(9-11-20)13-25-21(27)15-26-12-4-5-18(14-26)16-28-19-6-2-1-3-7-19/h1-3,6-11,18,22H,4-5,12-16H2,(H,25,27). The zero-order valence-corrected chi connectivity index (χ0v) is 16.2. The van der Waals surface area contributed by atoms with Crippen molar-refractivity contribution in [2.24, 2.45) is 5.92 Å². The van der Waals surface area contributed by atoms with Crippen LogP contribution in [0, 0.1) is 5.92 Å². The molecule has 2 aromatic carbocycles. The average Bonchev–Trinajstić information content (AvgIpc) is 2.72. The summed E-state index contributed by atoms with van der Waals surface area (Å²) in [7, 11) is 0. The first-order chi connectivity index (χ1) is 14.1. The summed E-state index contributed by atoms with van der Waals surface area (Å²) in [6, 6.07) is 16.0. The summed E-state index contributed by atoms with van der Waals surface area (Å²) < 4.78 is 34.5. The maximum atomic E-state index is 12.3. The minimum absolute atomic E-state index is 0.0532. The fourth-order valence-electron chi connectivity index (χ4n) is 3.41. The van der Waals surface area contributed by atoms with Crippen LogP contribution < -0.4 is 14.8 Å². The van der Waals surface area contributed by atoms with Gasteiger partial charge in [-0.05, 0) is 49.2 Å². The highest BCUT2D eigenvalue weighted by molar-refractivity contribution is 5.78. The van der Waals surface area contributed by atoms with E-state index in [0.717, 1.165) is 37.2 Å². The number of alkyl halides is 2. The van der Waals surface area contributed by atoms with E-state index in [1.165, 1.54) is 12.1 Å². The normalized spacial score (nSPS) is 17.1. The Hall–Kier alpha value is -2.67. The Balaban J connectivity index is 1.38. The number of benzene rings is 2. The zero-order valence-electron chi connectivity index (χ0n) is 16.2. The molecule has 156 valence electrons. The van der Waals surface area contributed by atoms with Crippen molar-refractivity contribution in [2.75, 3.05) is 26.2 Å². The van der Waals surface area contributed by atoms with Gasteiger partial charge in [0.05, 0.1) is 13.2 Å². The van der Waals surface area contributed by atoms with Crippen LogP contribution in [0.1, 0.15) is 18.4 Å². The fourth-order valence-corrected chi connectivity index (χ4v) is 3.41. The zero-order chi connectivity index (χ0) is 20.5. The molecule has 1 fully saturated rings. The second-order valence-electron chi connectivity index (χ2n) is 7.17. The third-order valence-corrected chi connectivity index (χ3v) is 4.84. The number of hydrogen-bond donors (Lipinski definition) is 1. The van der Waals surface area contributed by atoms with Crippen LogP contribution >= 0.6 is 0 Å². The molecule has 0 spiro atoms. The highest BCUT2D eigenvalue weighted by Gasteiger charge is 2.22. The van der Waals surface area contributed by atoms with E-state index >= 15 is 0 Å². The molecule has 1 atom stereocenters. The molecule has 1 amide bonds. The van der Waals surface area contributed by atoms with Crippen LogP contribution in [-0.2, 0) is 11.3 Å². The minimum Gasteiger partial charge on any atom is -0.493 e. The molecule has 2 aromatic rings. The SMILES string of the molecule is O=C(CN1CCCC(COc2ccccc2)C1)NCc1ccc(OC(F)F)cc1. The Kier molecular flexibility index (Phi) is 7.81. The van der Waals surface area contributed by atoms with Crippen LogP contribution in [0.25, 0.3) is 0 Å².